The molecule has 1 heterocycles. The Morgan fingerprint density at radius 2 is 2.28 bits per heavy atom. The lowest BCUT2D eigenvalue weighted by Gasteiger charge is -2.25. The highest BCUT2D eigenvalue weighted by atomic mass is 16.7. The Kier molecular flexibility index (Phi) is 3.00. The van der Waals surface area contributed by atoms with Gasteiger partial charge in [-0.3, -0.25) is 4.79 Å². The smallest absolute Gasteiger partial charge is 0.308 e. The second kappa shape index (κ2) is 4.34. The summed E-state index contributed by atoms with van der Waals surface area (Å²) in [5.74, 6) is 0.384. The van der Waals surface area contributed by atoms with E-state index in [1.807, 2.05) is 13.8 Å². The summed E-state index contributed by atoms with van der Waals surface area (Å²) in [5, 5.41) is 8.91. The normalized spacial score (nSPS) is 19.6. The Labute approximate surface area is 106 Å². The quantitative estimate of drug-likeness (QED) is 0.751. The monoisotopic (exact) mass is 245 g/mol. The first-order valence-electron chi connectivity index (χ1n) is 5.89. The fourth-order valence-corrected chi connectivity index (χ4v) is 1.97. The molecule has 0 aliphatic carbocycles. The SMILES string of the molecule is CCC(=O)OC1Oc2ccc(C#N)cc2C1(C)C. The van der Waals surface area contributed by atoms with Crippen LogP contribution in [-0.2, 0) is 14.9 Å². The molecular weight excluding hydrogens is 230 g/mol. The van der Waals surface area contributed by atoms with Crippen LogP contribution in [0.15, 0.2) is 18.2 Å². The van der Waals surface area contributed by atoms with Crippen molar-refractivity contribution in [3.05, 3.63) is 29.3 Å². The first kappa shape index (κ1) is 12.4. The van der Waals surface area contributed by atoms with Crippen molar-refractivity contribution >= 4 is 5.97 Å². The molecule has 0 fully saturated rings. The summed E-state index contributed by atoms with van der Waals surface area (Å²) in [4.78, 5) is 11.4. The number of rotatable bonds is 2. The fourth-order valence-electron chi connectivity index (χ4n) is 1.97. The molecule has 1 aromatic rings. The van der Waals surface area contributed by atoms with E-state index in [2.05, 4.69) is 6.07 Å². The van der Waals surface area contributed by atoms with Gasteiger partial charge < -0.3 is 9.47 Å². The molecule has 1 aromatic carbocycles. The maximum absolute atomic E-state index is 11.4. The molecule has 94 valence electrons. The van der Waals surface area contributed by atoms with Crippen molar-refractivity contribution in [2.24, 2.45) is 0 Å². The third-order valence-corrected chi connectivity index (χ3v) is 3.15. The minimum Gasteiger partial charge on any atom is -0.454 e. The van der Waals surface area contributed by atoms with Crippen LogP contribution in [-0.4, -0.2) is 12.3 Å². The van der Waals surface area contributed by atoms with Crippen LogP contribution in [0.2, 0.25) is 0 Å². The molecule has 2 rings (SSSR count). The van der Waals surface area contributed by atoms with Crippen LogP contribution in [0, 0.1) is 11.3 Å². The topological polar surface area (TPSA) is 59.3 Å². The molecule has 4 nitrogen and oxygen atoms in total. The van der Waals surface area contributed by atoms with Gasteiger partial charge >= 0.3 is 5.97 Å². The zero-order valence-electron chi connectivity index (χ0n) is 10.7. The van der Waals surface area contributed by atoms with Crippen molar-refractivity contribution in [1.82, 2.24) is 0 Å². The van der Waals surface area contributed by atoms with Gasteiger partial charge in [0, 0.05) is 12.0 Å². The van der Waals surface area contributed by atoms with Crippen LogP contribution in [0.25, 0.3) is 0 Å². The van der Waals surface area contributed by atoms with Crippen LogP contribution < -0.4 is 4.74 Å². The van der Waals surface area contributed by atoms with E-state index >= 15 is 0 Å². The number of nitriles is 1. The minimum absolute atomic E-state index is 0.290. The molecule has 0 spiro atoms. The highest BCUT2D eigenvalue weighted by Gasteiger charge is 2.44. The second-order valence-corrected chi connectivity index (χ2v) is 4.84. The number of fused-ring (bicyclic) bond motifs is 1. The molecular formula is C14H15NO3. The second-order valence-electron chi connectivity index (χ2n) is 4.84. The van der Waals surface area contributed by atoms with Crippen molar-refractivity contribution in [2.45, 2.75) is 38.9 Å². The molecule has 18 heavy (non-hydrogen) atoms. The Morgan fingerprint density at radius 1 is 1.56 bits per heavy atom. The summed E-state index contributed by atoms with van der Waals surface area (Å²) < 4.78 is 10.9. The highest BCUT2D eigenvalue weighted by molar-refractivity contribution is 5.69. The summed E-state index contributed by atoms with van der Waals surface area (Å²) in [5.41, 5.74) is 1.02. The third-order valence-electron chi connectivity index (χ3n) is 3.15. The van der Waals surface area contributed by atoms with E-state index in [1.54, 1.807) is 25.1 Å². The van der Waals surface area contributed by atoms with Crippen LogP contribution in [0.4, 0.5) is 0 Å². The van der Waals surface area contributed by atoms with E-state index in [0.717, 1.165) is 5.56 Å². The summed E-state index contributed by atoms with van der Waals surface area (Å²) in [6, 6.07) is 7.32. The number of nitrogens with zero attached hydrogens (tertiary/aromatic N) is 1. The Balaban J connectivity index is 2.33. The lowest BCUT2D eigenvalue weighted by atomic mass is 9.84. The molecule has 1 aliphatic heterocycles. The van der Waals surface area contributed by atoms with Gasteiger partial charge in [0.15, 0.2) is 0 Å². The molecule has 1 unspecified atom stereocenters. The van der Waals surface area contributed by atoms with E-state index in [4.69, 9.17) is 14.7 Å². The number of carbonyl (C=O) groups is 1. The van der Waals surface area contributed by atoms with Gasteiger partial charge in [-0.25, -0.2) is 0 Å². The maximum Gasteiger partial charge on any atom is 0.308 e. The van der Waals surface area contributed by atoms with E-state index in [-0.39, 0.29) is 5.97 Å². The van der Waals surface area contributed by atoms with Gasteiger partial charge in [-0.1, -0.05) is 6.92 Å². The van der Waals surface area contributed by atoms with Crippen LogP contribution in [0.1, 0.15) is 38.3 Å². The highest BCUT2D eigenvalue weighted by Crippen LogP contribution is 2.43. The van der Waals surface area contributed by atoms with Gasteiger partial charge in [0.05, 0.1) is 17.0 Å². The van der Waals surface area contributed by atoms with Crippen LogP contribution >= 0.6 is 0 Å². The summed E-state index contributed by atoms with van der Waals surface area (Å²) in [7, 11) is 0. The third kappa shape index (κ3) is 1.92. The van der Waals surface area contributed by atoms with Crippen LogP contribution in [0.5, 0.6) is 5.75 Å². The Morgan fingerprint density at radius 3 is 2.89 bits per heavy atom. The molecule has 1 aliphatic rings. The zero-order chi connectivity index (χ0) is 13.3. The molecule has 0 saturated carbocycles. The maximum atomic E-state index is 11.4. The lowest BCUT2D eigenvalue weighted by Crippen LogP contribution is -2.36. The average Bonchev–Trinajstić information content (AvgIpc) is 2.61. The van der Waals surface area contributed by atoms with E-state index in [0.29, 0.717) is 17.7 Å². The van der Waals surface area contributed by atoms with Crippen molar-refractivity contribution in [2.75, 3.05) is 0 Å². The molecule has 0 bridgehead atoms. The summed E-state index contributed by atoms with van der Waals surface area (Å²) in [6.07, 6.45) is -0.315. The van der Waals surface area contributed by atoms with Gasteiger partial charge in [-0.15, -0.1) is 0 Å². The van der Waals surface area contributed by atoms with Crippen molar-refractivity contribution in [3.63, 3.8) is 0 Å². The predicted octanol–water partition coefficient (Wildman–Crippen LogP) is 2.51. The molecule has 0 saturated heterocycles. The van der Waals surface area contributed by atoms with E-state index in [9.17, 15) is 4.79 Å². The minimum atomic E-state index is -0.631. The molecule has 0 N–H and O–H groups in total. The number of hydrogen-bond donors (Lipinski definition) is 0. The molecule has 0 radical (unpaired) electrons. The molecule has 0 amide bonds. The zero-order valence-corrected chi connectivity index (χ0v) is 10.7. The number of carbonyl (C=O) groups excluding carboxylic acids is 1. The van der Waals surface area contributed by atoms with Gasteiger partial charge in [0.1, 0.15) is 5.75 Å². The van der Waals surface area contributed by atoms with Gasteiger partial charge in [0.2, 0.25) is 0 Å². The Hall–Kier alpha value is -2.02. The average molecular weight is 245 g/mol. The summed E-state index contributed by atoms with van der Waals surface area (Å²) in [6.45, 7) is 5.62. The lowest BCUT2D eigenvalue weighted by molar-refractivity contribution is -0.168. The first-order valence-corrected chi connectivity index (χ1v) is 5.89. The molecule has 4 heteroatoms. The number of benzene rings is 1. The largest absolute Gasteiger partial charge is 0.454 e. The number of hydrogen-bond acceptors (Lipinski definition) is 4. The summed E-state index contributed by atoms with van der Waals surface area (Å²) >= 11 is 0. The first-order chi connectivity index (χ1) is 8.48. The van der Waals surface area contributed by atoms with E-state index < -0.39 is 11.7 Å². The van der Waals surface area contributed by atoms with Crippen molar-refractivity contribution in [1.29, 1.82) is 5.26 Å². The van der Waals surface area contributed by atoms with Gasteiger partial charge in [-0.05, 0) is 32.0 Å². The van der Waals surface area contributed by atoms with Crippen molar-refractivity contribution < 1.29 is 14.3 Å². The van der Waals surface area contributed by atoms with E-state index in [1.165, 1.54) is 0 Å². The van der Waals surface area contributed by atoms with Gasteiger partial charge in [0.25, 0.3) is 6.29 Å². The molecule has 0 aromatic heterocycles. The Bertz CT molecular complexity index is 528. The number of ether oxygens (including phenoxy) is 2. The molecule has 1 atom stereocenters. The van der Waals surface area contributed by atoms with Crippen molar-refractivity contribution in [3.8, 4) is 11.8 Å². The van der Waals surface area contributed by atoms with Crippen LogP contribution in [0.3, 0.4) is 0 Å². The standard InChI is InChI=1S/C14H15NO3/c1-4-12(16)18-13-14(2,3)10-7-9(8-15)5-6-11(10)17-13/h5-7,13H,4H2,1-3H3. The predicted molar refractivity (Wildman–Crippen MR) is 65.0 cm³/mol. The number of esters is 1. The van der Waals surface area contributed by atoms with Gasteiger partial charge in [-0.2, -0.15) is 5.26 Å². The fraction of sp³-hybridized carbons (Fsp3) is 0.429.